The minimum absolute atomic E-state index is 0.0829. The maximum Gasteiger partial charge on any atom is 0.308 e. The van der Waals surface area contributed by atoms with Crippen molar-refractivity contribution in [3.05, 3.63) is 0 Å². The number of carbonyl (C=O) groups is 2. The van der Waals surface area contributed by atoms with Gasteiger partial charge in [0.1, 0.15) is 31.0 Å². The number of hydrogen-bond acceptors (Lipinski definition) is 9. The lowest BCUT2D eigenvalue weighted by molar-refractivity contribution is -0.330. The number of rotatable bonds is 22. The minimum Gasteiger partial charge on any atom is -0.481 e. The monoisotopic (exact) mass is 562 g/mol. The molecule has 230 valence electrons. The van der Waals surface area contributed by atoms with Gasteiger partial charge >= 0.3 is 11.9 Å². The zero-order valence-electron chi connectivity index (χ0n) is 25.0. The first-order chi connectivity index (χ1) is 18.6. The van der Waals surface area contributed by atoms with Gasteiger partial charge in [0, 0.05) is 19.8 Å². The Bertz CT molecular complexity index is 670. The van der Waals surface area contributed by atoms with E-state index in [1.165, 1.54) is 6.92 Å². The molecule has 10 nitrogen and oxygen atoms in total. The van der Waals surface area contributed by atoms with Gasteiger partial charge in [-0.15, -0.1) is 0 Å². The van der Waals surface area contributed by atoms with E-state index in [1.807, 2.05) is 6.92 Å². The SMILES string of the molecule is CCCCO[C@@H]1[C@@H](OCCCC)[C@H](O[C@@H](C)CCC)O[C@H](COC(=O)CC(C)(O)CC(=O)O)[C@H]1OCCCC. The topological polar surface area (TPSA) is 130 Å². The summed E-state index contributed by atoms with van der Waals surface area (Å²) in [4.78, 5) is 23.6. The molecule has 0 aromatic carbocycles. The molecule has 0 spiro atoms. The van der Waals surface area contributed by atoms with E-state index < -0.39 is 61.1 Å². The fourth-order valence-electron chi connectivity index (χ4n) is 4.41. The van der Waals surface area contributed by atoms with Gasteiger partial charge in [-0.3, -0.25) is 9.59 Å². The Hall–Kier alpha value is -1.30. The van der Waals surface area contributed by atoms with Crippen LogP contribution in [0.15, 0.2) is 0 Å². The van der Waals surface area contributed by atoms with E-state index in [2.05, 4.69) is 27.7 Å². The Morgan fingerprint density at radius 1 is 0.846 bits per heavy atom. The van der Waals surface area contributed by atoms with E-state index in [0.29, 0.717) is 19.8 Å². The zero-order chi connectivity index (χ0) is 29.3. The number of aliphatic carboxylic acids is 1. The highest BCUT2D eigenvalue weighted by Gasteiger charge is 2.49. The van der Waals surface area contributed by atoms with Gasteiger partial charge in [-0.05, 0) is 39.5 Å². The smallest absolute Gasteiger partial charge is 0.308 e. The quantitative estimate of drug-likeness (QED) is 0.142. The molecule has 1 unspecified atom stereocenters. The summed E-state index contributed by atoms with van der Waals surface area (Å²) in [6.45, 7) is 13.0. The Morgan fingerprint density at radius 2 is 1.38 bits per heavy atom. The van der Waals surface area contributed by atoms with Gasteiger partial charge in [-0.1, -0.05) is 53.4 Å². The molecule has 2 N–H and O–H groups in total. The lowest BCUT2D eigenvalue weighted by Crippen LogP contribution is -2.62. The number of carbonyl (C=O) groups excluding carboxylic acids is 1. The molecule has 7 atom stereocenters. The predicted molar refractivity (Wildman–Crippen MR) is 147 cm³/mol. The van der Waals surface area contributed by atoms with Crippen LogP contribution in [-0.2, 0) is 38.0 Å². The maximum atomic E-state index is 12.6. The highest BCUT2D eigenvalue weighted by molar-refractivity contribution is 5.73. The van der Waals surface area contributed by atoms with Crippen molar-refractivity contribution in [1.82, 2.24) is 0 Å². The van der Waals surface area contributed by atoms with Crippen molar-refractivity contribution in [2.75, 3.05) is 26.4 Å². The minimum atomic E-state index is -1.72. The first-order valence-electron chi connectivity index (χ1n) is 14.8. The van der Waals surface area contributed by atoms with Crippen LogP contribution in [0.5, 0.6) is 0 Å². The Balaban J connectivity index is 3.20. The molecule has 0 saturated carbocycles. The van der Waals surface area contributed by atoms with Crippen LogP contribution in [0.1, 0.15) is 106 Å². The zero-order valence-corrected chi connectivity index (χ0v) is 25.0. The summed E-state index contributed by atoms with van der Waals surface area (Å²) in [6.07, 6.45) is 3.12. The molecule has 1 rings (SSSR count). The third-order valence-electron chi connectivity index (χ3n) is 6.54. The van der Waals surface area contributed by atoms with E-state index in [0.717, 1.165) is 51.4 Å². The van der Waals surface area contributed by atoms with Crippen molar-refractivity contribution in [3.8, 4) is 0 Å². The molecular weight excluding hydrogens is 508 g/mol. The van der Waals surface area contributed by atoms with Crippen LogP contribution < -0.4 is 0 Å². The first-order valence-corrected chi connectivity index (χ1v) is 14.8. The van der Waals surface area contributed by atoms with Crippen molar-refractivity contribution < 1.29 is 48.2 Å². The third kappa shape index (κ3) is 14.2. The van der Waals surface area contributed by atoms with Crippen molar-refractivity contribution in [2.24, 2.45) is 0 Å². The molecule has 0 aromatic rings. The second kappa shape index (κ2) is 19.7. The molecule has 39 heavy (non-hydrogen) atoms. The molecule has 0 amide bonds. The van der Waals surface area contributed by atoms with Crippen LogP contribution in [-0.4, -0.2) is 91.0 Å². The Labute approximate surface area is 235 Å². The van der Waals surface area contributed by atoms with Gasteiger partial charge in [0.15, 0.2) is 6.29 Å². The van der Waals surface area contributed by atoms with Crippen molar-refractivity contribution >= 4 is 11.9 Å². The second-order valence-corrected chi connectivity index (χ2v) is 10.8. The van der Waals surface area contributed by atoms with E-state index in [1.54, 1.807) is 0 Å². The average molecular weight is 563 g/mol. The van der Waals surface area contributed by atoms with Crippen LogP contribution in [0.25, 0.3) is 0 Å². The summed E-state index contributed by atoms with van der Waals surface area (Å²) in [6, 6.07) is 0. The fourth-order valence-corrected chi connectivity index (χ4v) is 4.41. The van der Waals surface area contributed by atoms with Gasteiger partial charge in [-0.25, -0.2) is 0 Å². The van der Waals surface area contributed by atoms with Gasteiger partial charge < -0.3 is 38.6 Å². The molecule has 1 heterocycles. The Kier molecular flexibility index (Phi) is 18.1. The van der Waals surface area contributed by atoms with Crippen LogP contribution in [0.3, 0.4) is 0 Å². The highest BCUT2D eigenvalue weighted by Crippen LogP contribution is 2.31. The van der Waals surface area contributed by atoms with Gasteiger partial charge in [0.2, 0.25) is 0 Å². The number of ether oxygens (including phenoxy) is 6. The Morgan fingerprint density at radius 3 is 1.90 bits per heavy atom. The van der Waals surface area contributed by atoms with Gasteiger partial charge in [-0.2, -0.15) is 0 Å². The number of aliphatic hydroxyl groups is 1. The van der Waals surface area contributed by atoms with Crippen LogP contribution >= 0.6 is 0 Å². The highest BCUT2D eigenvalue weighted by atomic mass is 16.7. The van der Waals surface area contributed by atoms with Crippen LogP contribution in [0.4, 0.5) is 0 Å². The van der Waals surface area contributed by atoms with Crippen molar-refractivity contribution in [2.45, 2.75) is 148 Å². The average Bonchev–Trinajstić information content (AvgIpc) is 2.84. The molecule has 0 aliphatic carbocycles. The second-order valence-electron chi connectivity index (χ2n) is 10.8. The molecule has 0 radical (unpaired) electrons. The standard InChI is InChI=1S/C29H54O10/c1-7-11-15-34-25-22(20-37-24(32)19-29(6,33)18-23(30)31)39-28(38-21(5)14-10-4)27(36-17-13-9-3)26(25)35-16-12-8-2/h21-22,25-28,33H,7-20H2,1-6H3,(H,30,31)/t21-,22+,25+,26-,27+,28+,29?/m0/s1. The first kappa shape index (κ1) is 35.7. The number of esters is 1. The summed E-state index contributed by atoms with van der Waals surface area (Å²) >= 11 is 0. The molecule has 10 heteroatoms. The molecule has 1 fully saturated rings. The summed E-state index contributed by atoms with van der Waals surface area (Å²) in [5.41, 5.74) is -1.72. The summed E-state index contributed by atoms with van der Waals surface area (Å²) in [7, 11) is 0. The molecule has 1 aliphatic heterocycles. The summed E-state index contributed by atoms with van der Waals surface area (Å²) < 4.78 is 37.2. The molecule has 1 aliphatic rings. The lowest BCUT2D eigenvalue weighted by Gasteiger charge is -2.46. The van der Waals surface area contributed by atoms with E-state index >= 15 is 0 Å². The summed E-state index contributed by atoms with van der Waals surface area (Å²) in [5, 5.41) is 19.3. The number of carboxylic acids is 1. The largest absolute Gasteiger partial charge is 0.481 e. The van der Waals surface area contributed by atoms with E-state index in [4.69, 9.17) is 33.5 Å². The lowest BCUT2D eigenvalue weighted by atomic mass is 9.97. The van der Waals surface area contributed by atoms with Gasteiger partial charge in [0.05, 0.1) is 24.5 Å². The van der Waals surface area contributed by atoms with Crippen LogP contribution in [0, 0.1) is 0 Å². The predicted octanol–water partition coefficient (Wildman–Crippen LogP) is 4.63. The number of unbranched alkanes of at least 4 members (excludes halogenated alkanes) is 3. The van der Waals surface area contributed by atoms with E-state index in [9.17, 15) is 14.7 Å². The fraction of sp³-hybridized carbons (Fsp3) is 0.931. The molecule has 0 bridgehead atoms. The summed E-state index contributed by atoms with van der Waals surface area (Å²) in [5.74, 6) is -1.92. The molecular formula is C29H54O10. The maximum absolute atomic E-state index is 12.6. The van der Waals surface area contributed by atoms with Crippen molar-refractivity contribution in [1.29, 1.82) is 0 Å². The van der Waals surface area contributed by atoms with Crippen molar-refractivity contribution in [3.63, 3.8) is 0 Å². The van der Waals surface area contributed by atoms with E-state index in [-0.39, 0.29) is 12.7 Å². The van der Waals surface area contributed by atoms with Gasteiger partial charge in [0.25, 0.3) is 0 Å². The number of carboxylic acid groups (broad SMARTS) is 1. The van der Waals surface area contributed by atoms with Crippen LogP contribution in [0.2, 0.25) is 0 Å². The third-order valence-corrected chi connectivity index (χ3v) is 6.54. The normalized spacial score (nSPS) is 25.7. The number of hydrogen-bond donors (Lipinski definition) is 2. The molecule has 0 aromatic heterocycles. The molecule has 1 saturated heterocycles.